The number of nitrogens with zero attached hydrogens (tertiary/aromatic N) is 2. The fraction of sp³-hybridized carbons (Fsp3) is 0.263. The maximum Gasteiger partial charge on any atom is 0.248 e. The van der Waals surface area contributed by atoms with E-state index in [9.17, 15) is 9.35 Å². The van der Waals surface area contributed by atoms with Gasteiger partial charge in [-0.25, -0.2) is 0 Å². The van der Waals surface area contributed by atoms with Crippen molar-refractivity contribution in [2.45, 2.75) is 6.92 Å². The number of halogens is 1. The predicted octanol–water partition coefficient (Wildman–Crippen LogP) is 3.29. The molecule has 0 N–H and O–H groups in total. The van der Waals surface area contributed by atoms with Crippen LogP contribution in [0.15, 0.2) is 53.5 Å². The lowest BCUT2D eigenvalue weighted by Gasteiger charge is -2.23. The van der Waals surface area contributed by atoms with Gasteiger partial charge >= 0.3 is 0 Å². The van der Waals surface area contributed by atoms with Crippen LogP contribution in [0.4, 0.5) is 5.69 Å². The number of hydrogen-bond acceptors (Lipinski definition) is 3. The zero-order chi connectivity index (χ0) is 17.8. The third-order valence-electron chi connectivity index (χ3n) is 4.09. The zero-order valence-corrected chi connectivity index (χ0v) is 15.5. The van der Waals surface area contributed by atoms with Gasteiger partial charge < -0.3 is 9.45 Å². The van der Waals surface area contributed by atoms with Crippen LogP contribution in [0.3, 0.4) is 0 Å². The minimum Gasteiger partial charge on any atom is -0.616 e. The summed E-state index contributed by atoms with van der Waals surface area (Å²) in [7, 11) is 0. The first-order valence-corrected chi connectivity index (χ1v) is 10.0. The molecule has 0 radical (unpaired) electrons. The van der Waals surface area contributed by atoms with Crippen molar-refractivity contribution in [3.63, 3.8) is 0 Å². The quantitative estimate of drug-likeness (QED) is 0.754. The maximum atomic E-state index is 12.6. The lowest BCUT2D eigenvalue weighted by molar-refractivity contribution is -0.117. The van der Waals surface area contributed by atoms with Crippen molar-refractivity contribution >= 4 is 40.1 Å². The van der Waals surface area contributed by atoms with E-state index in [-0.39, 0.29) is 12.5 Å². The summed E-state index contributed by atoms with van der Waals surface area (Å²) in [4.78, 5) is 18.9. The van der Waals surface area contributed by atoms with E-state index in [2.05, 4.69) is 4.99 Å². The number of hydrogen-bond donors (Lipinski definition) is 0. The molecular weight excluding hydrogens is 356 g/mol. The standard InChI is InChI=1S/C19H19ClN2O2S/c1-2-25(24)11-10-22-17-9-8-15(20)12-16(17)19(21-13-18(22)23)14-6-4-3-5-7-14/h3-9,12H,2,10-11,13H2,1H3. The number of anilines is 1. The Hall–Kier alpha value is -1.82. The second-order valence-corrected chi connectivity index (χ2v) is 7.97. The number of amides is 1. The Bertz CT molecular complexity index is 795. The number of carbonyl (C=O) groups excluding carboxylic acids is 1. The zero-order valence-electron chi connectivity index (χ0n) is 13.9. The van der Waals surface area contributed by atoms with Crippen molar-refractivity contribution < 1.29 is 9.35 Å². The highest BCUT2D eigenvalue weighted by Gasteiger charge is 2.26. The molecule has 6 heteroatoms. The third-order valence-corrected chi connectivity index (χ3v) is 5.61. The summed E-state index contributed by atoms with van der Waals surface area (Å²) in [6, 6.07) is 15.2. The third kappa shape index (κ3) is 4.06. The van der Waals surface area contributed by atoms with Gasteiger partial charge in [0.15, 0.2) is 0 Å². The van der Waals surface area contributed by atoms with E-state index < -0.39 is 11.2 Å². The average Bonchev–Trinajstić information content (AvgIpc) is 2.76. The topological polar surface area (TPSA) is 55.7 Å². The van der Waals surface area contributed by atoms with Crippen LogP contribution in [-0.4, -0.2) is 40.8 Å². The number of benzene rings is 2. The van der Waals surface area contributed by atoms with Gasteiger partial charge in [0.25, 0.3) is 0 Å². The summed E-state index contributed by atoms with van der Waals surface area (Å²) in [5, 5.41) is 0.591. The molecule has 1 atom stereocenters. The Kier molecular flexibility index (Phi) is 5.78. The first-order chi connectivity index (χ1) is 12.1. The van der Waals surface area contributed by atoms with E-state index in [0.717, 1.165) is 22.5 Å². The Morgan fingerprint density at radius 3 is 2.72 bits per heavy atom. The first kappa shape index (κ1) is 18.0. The SMILES string of the molecule is CC[S+]([O-])CCN1C(=O)CN=C(c2ccccc2)c2cc(Cl)ccc21. The van der Waals surface area contributed by atoms with Crippen molar-refractivity contribution in [2.24, 2.45) is 4.99 Å². The molecular formula is C19H19ClN2O2S. The minimum absolute atomic E-state index is 0.0648. The monoisotopic (exact) mass is 374 g/mol. The van der Waals surface area contributed by atoms with Gasteiger partial charge in [-0.15, -0.1) is 0 Å². The predicted molar refractivity (Wildman–Crippen MR) is 104 cm³/mol. The summed E-state index contributed by atoms with van der Waals surface area (Å²) in [5.74, 6) is 0.939. The second kappa shape index (κ2) is 8.04. The molecule has 2 aromatic rings. The maximum absolute atomic E-state index is 12.6. The van der Waals surface area contributed by atoms with Crippen molar-refractivity contribution in [2.75, 3.05) is 29.5 Å². The van der Waals surface area contributed by atoms with E-state index in [1.807, 2.05) is 49.4 Å². The van der Waals surface area contributed by atoms with Gasteiger partial charge in [-0.3, -0.25) is 9.79 Å². The number of fused-ring (bicyclic) bond motifs is 1. The molecule has 0 spiro atoms. The van der Waals surface area contributed by atoms with E-state index in [0.29, 0.717) is 23.1 Å². The van der Waals surface area contributed by atoms with Crippen LogP contribution in [0.1, 0.15) is 18.1 Å². The molecule has 3 rings (SSSR count). The minimum atomic E-state index is -0.933. The molecule has 130 valence electrons. The number of rotatable bonds is 5. The lowest BCUT2D eigenvalue weighted by atomic mass is 10.0. The fourth-order valence-corrected chi connectivity index (χ4v) is 3.66. The summed E-state index contributed by atoms with van der Waals surface area (Å²) in [6.45, 7) is 2.35. The van der Waals surface area contributed by atoms with E-state index in [1.165, 1.54) is 0 Å². The molecule has 4 nitrogen and oxygen atoms in total. The van der Waals surface area contributed by atoms with Crippen molar-refractivity contribution in [3.8, 4) is 0 Å². The van der Waals surface area contributed by atoms with Gasteiger partial charge in [0.05, 0.1) is 17.9 Å². The Labute approximate surface area is 155 Å². The Morgan fingerprint density at radius 1 is 1.24 bits per heavy atom. The Morgan fingerprint density at radius 2 is 2.00 bits per heavy atom. The summed E-state index contributed by atoms with van der Waals surface area (Å²) in [6.07, 6.45) is 0. The van der Waals surface area contributed by atoms with Crippen molar-refractivity contribution in [1.29, 1.82) is 0 Å². The molecule has 0 saturated heterocycles. The number of carbonyl (C=O) groups is 1. The van der Waals surface area contributed by atoms with Gasteiger partial charge in [-0.1, -0.05) is 53.1 Å². The smallest absolute Gasteiger partial charge is 0.248 e. The van der Waals surface area contributed by atoms with Crippen LogP contribution < -0.4 is 4.90 Å². The molecule has 1 aliphatic heterocycles. The summed E-state index contributed by atoms with van der Waals surface area (Å²) < 4.78 is 11.8. The summed E-state index contributed by atoms with van der Waals surface area (Å²) in [5.41, 5.74) is 3.29. The average molecular weight is 375 g/mol. The molecule has 2 aromatic carbocycles. The van der Waals surface area contributed by atoms with E-state index >= 15 is 0 Å². The molecule has 0 saturated carbocycles. The van der Waals surface area contributed by atoms with Gasteiger partial charge in [0.2, 0.25) is 5.91 Å². The van der Waals surface area contributed by atoms with Crippen LogP contribution in [-0.2, 0) is 16.0 Å². The van der Waals surface area contributed by atoms with Gasteiger partial charge in [0, 0.05) is 16.1 Å². The lowest BCUT2D eigenvalue weighted by Crippen LogP contribution is -2.36. The molecule has 1 amide bonds. The van der Waals surface area contributed by atoms with Gasteiger partial charge in [0.1, 0.15) is 18.1 Å². The highest BCUT2D eigenvalue weighted by molar-refractivity contribution is 7.91. The number of aliphatic imine (C=N–C) groups is 1. The highest BCUT2D eigenvalue weighted by Crippen LogP contribution is 2.29. The Balaban J connectivity index is 2.04. The van der Waals surface area contributed by atoms with Crippen LogP contribution in [0, 0.1) is 0 Å². The molecule has 0 aliphatic carbocycles. The first-order valence-electron chi connectivity index (χ1n) is 8.15. The van der Waals surface area contributed by atoms with Crippen LogP contribution in [0.2, 0.25) is 5.02 Å². The van der Waals surface area contributed by atoms with E-state index in [1.54, 1.807) is 11.0 Å². The largest absolute Gasteiger partial charge is 0.616 e. The molecule has 0 aromatic heterocycles. The fourth-order valence-electron chi connectivity index (χ4n) is 2.81. The molecule has 0 fully saturated rings. The highest BCUT2D eigenvalue weighted by atomic mass is 35.5. The normalized spacial score (nSPS) is 15.4. The van der Waals surface area contributed by atoms with Crippen LogP contribution >= 0.6 is 11.6 Å². The summed E-state index contributed by atoms with van der Waals surface area (Å²) >= 11 is 5.28. The van der Waals surface area contributed by atoms with Crippen molar-refractivity contribution in [3.05, 3.63) is 64.7 Å². The molecule has 0 bridgehead atoms. The van der Waals surface area contributed by atoms with E-state index in [4.69, 9.17) is 11.6 Å². The van der Waals surface area contributed by atoms with Gasteiger partial charge in [-0.05, 0) is 25.1 Å². The van der Waals surface area contributed by atoms with Gasteiger partial charge in [-0.2, -0.15) is 0 Å². The van der Waals surface area contributed by atoms with Crippen LogP contribution in [0.25, 0.3) is 0 Å². The number of benzodiazepines with no additional fused rings is 1. The molecule has 1 heterocycles. The molecule has 1 aliphatic rings. The van der Waals surface area contributed by atoms with Crippen LogP contribution in [0.5, 0.6) is 0 Å². The molecule has 25 heavy (non-hydrogen) atoms. The second-order valence-electron chi connectivity index (χ2n) is 5.67. The van der Waals surface area contributed by atoms with Crippen molar-refractivity contribution in [1.82, 2.24) is 0 Å². The molecule has 1 unspecified atom stereocenters.